The summed E-state index contributed by atoms with van der Waals surface area (Å²) in [5, 5.41) is 0. The normalized spacial score (nSPS) is 10.1. The summed E-state index contributed by atoms with van der Waals surface area (Å²) in [4.78, 5) is 4.36. The molecule has 2 nitrogen and oxygen atoms in total. The van der Waals surface area contributed by atoms with Gasteiger partial charge < -0.3 is 0 Å². The molecule has 2 rings (SSSR count). The Morgan fingerprint density at radius 1 is 1.14 bits per heavy atom. The molecule has 0 aliphatic carbocycles. The Morgan fingerprint density at radius 3 is 2.50 bits per heavy atom. The molecule has 2 aromatic rings. The quantitative estimate of drug-likeness (QED) is 0.688. The van der Waals surface area contributed by atoms with Gasteiger partial charge in [0.15, 0.2) is 0 Å². The van der Waals surface area contributed by atoms with Gasteiger partial charge in [-0.15, -0.1) is 0 Å². The summed E-state index contributed by atoms with van der Waals surface area (Å²) in [6.45, 7) is 0. The third kappa shape index (κ3) is 1.98. The molecule has 0 spiro atoms. The molecular weight excluding hydrogens is 183 g/mol. The van der Waals surface area contributed by atoms with Gasteiger partial charge in [0.05, 0.1) is 0 Å². The third-order valence-corrected chi connectivity index (χ3v) is 2.65. The number of hydrogen-bond donors (Lipinski definition) is 1. The molecule has 1 aromatic carbocycles. The fourth-order valence-electron chi connectivity index (χ4n) is 1.43. The van der Waals surface area contributed by atoms with E-state index in [1.165, 1.54) is 2.81 Å². The van der Waals surface area contributed by atoms with Gasteiger partial charge in [-0.3, -0.25) is 0 Å². The van der Waals surface area contributed by atoms with Crippen LogP contribution in [0.4, 0.5) is 5.69 Å². The van der Waals surface area contributed by atoms with Crippen molar-refractivity contribution < 1.29 is 0 Å². The standard InChI is InChI=1S/C11H9N2.Na/c12-10-7-4-8-13-11(10)9-5-2-1-3-6-9;/h1-3,5-8H,12H2;. The van der Waals surface area contributed by atoms with E-state index >= 15 is 0 Å². The number of nitrogen functional groups attached to an aromatic ring is 1. The summed E-state index contributed by atoms with van der Waals surface area (Å²) in [7, 11) is 0. The van der Waals surface area contributed by atoms with E-state index in [1.54, 1.807) is 0 Å². The number of anilines is 1. The number of aromatic nitrogens is 1. The van der Waals surface area contributed by atoms with Crippen LogP contribution < -0.4 is 8.55 Å². The Morgan fingerprint density at radius 2 is 1.86 bits per heavy atom. The van der Waals surface area contributed by atoms with Crippen molar-refractivity contribution in [2.75, 3.05) is 5.73 Å². The van der Waals surface area contributed by atoms with E-state index in [1.807, 2.05) is 42.6 Å². The average Bonchev–Trinajstić information content (AvgIpc) is 2.19. The first-order valence-corrected chi connectivity index (χ1v) is 5.55. The number of nitrogens with two attached hydrogens (primary N) is 1. The molecule has 0 saturated carbocycles. The zero-order chi connectivity index (χ0) is 9.97. The van der Waals surface area contributed by atoms with Crippen LogP contribution in [0.15, 0.2) is 42.6 Å². The molecule has 0 aliphatic heterocycles. The first-order valence-electron chi connectivity index (χ1n) is 4.55. The summed E-state index contributed by atoms with van der Waals surface area (Å²) in [6, 6.07) is 12.0. The van der Waals surface area contributed by atoms with Crippen LogP contribution in [-0.2, 0) is 0 Å². The van der Waals surface area contributed by atoms with Gasteiger partial charge >= 0.3 is 101 Å². The summed E-state index contributed by atoms with van der Waals surface area (Å²) in [6.07, 6.45) is 1.89. The van der Waals surface area contributed by atoms with Crippen LogP contribution in [0.25, 0.3) is 11.3 Å². The van der Waals surface area contributed by atoms with Gasteiger partial charge in [0.2, 0.25) is 0 Å². The van der Waals surface area contributed by atoms with Crippen LogP contribution in [0.3, 0.4) is 0 Å². The molecule has 64 valence electrons. The van der Waals surface area contributed by atoms with Crippen LogP contribution in [-0.4, -0.2) is 32.9 Å². The fraction of sp³-hybridized carbons (Fsp3) is 0. The summed E-state index contributed by atoms with van der Waals surface area (Å²) in [5.41, 5.74) is 8.64. The van der Waals surface area contributed by atoms with Gasteiger partial charge in [-0.05, 0) is 0 Å². The predicted octanol–water partition coefficient (Wildman–Crippen LogP) is 1.12. The number of rotatable bonds is 1. The molecular formula is C11H9N2Na. The predicted molar refractivity (Wildman–Crippen MR) is 59.5 cm³/mol. The monoisotopic (exact) mass is 192 g/mol. The second-order valence-electron chi connectivity index (χ2n) is 3.32. The average molecular weight is 192 g/mol. The Kier molecular flexibility index (Phi) is 2.87. The van der Waals surface area contributed by atoms with Gasteiger partial charge in [-0.2, -0.15) is 0 Å². The van der Waals surface area contributed by atoms with E-state index in [2.05, 4.69) is 4.98 Å². The number of hydrogen-bond acceptors (Lipinski definition) is 2. The van der Waals surface area contributed by atoms with Gasteiger partial charge in [-0.25, -0.2) is 0 Å². The van der Waals surface area contributed by atoms with E-state index in [4.69, 9.17) is 5.73 Å². The van der Waals surface area contributed by atoms with E-state index in [0.717, 1.165) is 44.9 Å². The van der Waals surface area contributed by atoms with Gasteiger partial charge in [-0.1, -0.05) is 0 Å². The van der Waals surface area contributed by atoms with Crippen molar-refractivity contribution in [2.24, 2.45) is 0 Å². The molecule has 1 aromatic heterocycles. The van der Waals surface area contributed by atoms with Crippen molar-refractivity contribution in [3.05, 3.63) is 42.6 Å². The Hall–Kier alpha value is -0.830. The van der Waals surface area contributed by atoms with Crippen molar-refractivity contribution in [3.8, 4) is 11.3 Å². The molecule has 3 heteroatoms. The molecule has 0 unspecified atom stereocenters. The maximum absolute atomic E-state index is 5.91. The van der Waals surface area contributed by atoms with Crippen molar-refractivity contribution >= 4 is 36.4 Å². The fourth-order valence-corrected chi connectivity index (χ4v) is 1.87. The summed E-state index contributed by atoms with van der Waals surface area (Å²) >= 11 is 0.990. The van der Waals surface area contributed by atoms with E-state index in [9.17, 15) is 0 Å². The molecule has 1 heterocycles. The van der Waals surface area contributed by atoms with Gasteiger partial charge in [0, 0.05) is 0 Å². The number of benzene rings is 1. The molecule has 0 fully saturated rings. The van der Waals surface area contributed by atoms with Gasteiger partial charge in [0.1, 0.15) is 0 Å². The van der Waals surface area contributed by atoms with Crippen molar-refractivity contribution in [2.45, 2.75) is 0 Å². The van der Waals surface area contributed by atoms with Crippen LogP contribution in [0, 0.1) is 0 Å². The molecule has 0 amide bonds. The summed E-state index contributed by atoms with van der Waals surface area (Å²) in [5.74, 6) is 0. The second kappa shape index (κ2) is 4.13. The number of nitrogens with zero attached hydrogens (tertiary/aromatic N) is 1. The molecule has 0 radical (unpaired) electrons. The molecule has 14 heavy (non-hydrogen) atoms. The van der Waals surface area contributed by atoms with Crippen molar-refractivity contribution in [1.82, 2.24) is 4.98 Å². The molecule has 2 N–H and O–H groups in total. The zero-order valence-electron chi connectivity index (χ0n) is 8.07. The number of pyridine rings is 1. The van der Waals surface area contributed by atoms with Crippen LogP contribution in [0.1, 0.15) is 0 Å². The second-order valence-corrected chi connectivity index (χ2v) is 4.47. The Bertz CT molecular complexity index is 440. The third-order valence-electron chi connectivity index (χ3n) is 2.10. The minimum absolute atomic E-state index is 0.767. The first kappa shape index (κ1) is 9.71. The Balaban J connectivity index is 2.53. The van der Waals surface area contributed by atoms with Crippen LogP contribution in [0.2, 0.25) is 0 Å². The maximum atomic E-state index is 5.91. The Labute approximate surface area is 101 Å². The van der Waals surface area contributed by atoms with E-state index in [-0.39, 0.29) is 0 Å². The minimum atomic E-state index is 0.767. The van der Waals surface area contributed by atoms with Crippen LogP contribution in [0.5, 0.6) is 0 Å². The van der Waals surface area contributed by atoms with Crippen molar-refractivity contribution in [3.63, 3.8) is 0 Å². The van der Waals surface area contributed by atoms with E-state index in [0.29, 0.717) is 0 Å². The summed E-state index contributed by atoms with van der Waals surface area (Å²) < 4.78 is 1.22. The zero-order valence-corrected chi connectivity index (χ0v) is 10.1. The van der Waals surface area contributed by atoms with E-state index < -0.39 is 0 Å². The molecule has 0 aliphatic rings. The van der Waals surface area contributed by atoms with Gasteiger partial charge in [0.25, 0.3) is 0 Å². The van der Waals surface area contributed by atoms with Crippen molar-refractivity contribution in [1.29, 1.82) is 0 Å². The molecule has 0 atom stereocenters. The molecule has 0 bridgehead atoms. The van der Waals surface area contributed by atoms with Crippen LogP contribution >= 0.6 is 0 Å². The molecule has 0 saturated heterocycles. The SMILES string of the molecule is Nc1c[c]([Na])cnc1-c1ccccc1. The topological polar surface area (TPSA) is 38.9 Å². The first-order chi connectivity index (χ1) is 6.77.